The third kappa shape index (κ3) is 6.88. The second-order valence-electron chi connectivity index (χ2n) is 15.4. The Kier molecular flexibility index (Phi) is 8.73. The molecule has 0 bridgehead atoms. The van der Waals surface area contributed by atoms with Gasteiger partial charge in [0, 0.05) is 39.5 Å². The van der Waals surface area contributed by atoms with E-state index in [-0.39, 0.29) is 5.41 Å². The number of benzene rings is 9. The van der Waals surface area contributed by atoms with Crippen molar-refractivity contribution in [3.05, 3.63) is 230 Å². The molecular formula is C55H42N2. The van der Waals surface area contributed by atoms with Gasteiger partial charge in [0.15, 0.2) is 0 Å². The fourth-order valence-corrected chi connectivity index (χ4v) is 8.20. The van der Waals surface area contributed by atoms with Gasteiger partial charge in [-0.2, -0.15) is 0 Å². The molecule has 2 heteroatoms. The molecule has 57 heavy (non-hydrogen) atoms. The number of allylic oxidation sites excluding steroid dienone is 4. The highest BCUT2D eigenvalue weighted by atomic mass is 15.1. The SMILES string of the molecule is CC1(/C=C/c2ccc(N(c3ccc4ccccc4c3)c3ccc4ccccc4c3)cc2)C=CC(N(c2ccc3ccccc3c2)c2ccc3ccccc3c2)=CC1. The molecule has 0 spiro atoms. The normalized spacial score (nSPS) is 15.4. The Morgan fingerprint density at radius 2 is 0.772 bits per heavy atom. The molecule has 0 saturated heterocycles. The molecule has 10 rings (SSSR count). The second-order valence-corrected chi connectivity index (χ2v) is 15.4. The molecule has 0 aromatic heterocycles. The van der Waals surface area contributed by atoms with E-state index in [1.54, 1.807) is 0 Å². The first kappa shape index (κ1) is 34.3. The lowest BCUT2D eigenvalue weighted by atomic mass is 9.82. The van der Waals surface area contributed by atoms with Gasteiger partial charge in [0.1, 0.15) is 0 Å². The van der Waals surface area contributed by atoms with Crippen LogP contribution < -0.4 is 9.80 Å². The smallest absolute Gasteiger partial charge is 0.0468 e. The van der Waals surface area contributed by atoms with E-state index in [1.807, 2.05) is 0 Å². The topological polar surface area (TPSA) is 6.48 Å². The van der Waals surface area contributed by atoms with Crippen LogP contribution in [0.4, 0.5) is 28.4 Å². The van der Waals surface area contributed by atoms with Gasteiger partial charge in [-0.1, -0.05) is 165 Å². The van der Waals surface area contributed by atoms with Crippen molar-refractivity contribution < 1.29 is 0 Å². The molecule has 1 atom stereocenters. The molecule has 0 heterocycles. The highest BCUT2D eigenvalue weighted by Gasteiger charge is 2.23. The third-order valence-electron chi connectivity index (χ3n) is 11.4. The van der Waals surface area contributed by atoms with Crippen molar-refractivity contribution in [1.29, 1.82) is 0 Å². The van der Waals surface area contributed by atoms with Gasteiger partial charge in [0.25, 0.3) is 0 Å². The van der Waals surface area contributed by atoms with Crippen molar-refractivity contribution in [3.8, 4) is 0 Å². The van der Waals surface area contributed by atoms with Gasteiger partial charge < -0.3 is 9.80 Å². The largest absolute Gasteiger partial charge is 0.311 e. The van der Waals surface area contributed by atoms with E-state index in [0.29, 0.717) is 0 Å². The number of rotatable bonds is 8. The molecule has 1 aliphatic rings. The maximum absolute atomic E-state index is 2.40. The van der Waals surface area contributed by atoms with E-state index < -0.39 is 0 Å². The monoisotopic (exact) mass is 730 g/mol. The van der Waals surface area contributed by atoms with Crippen LogP contribution in [0.3, 0.4) is 0 Å². The quantitative estimate of drug-likeness (QED) is 0.154. The van der Waals surface area contributed by atoms with Crippen LogP contribution in [0.2, 0.25) is 0 Å². The first-order chi connectivity index (χ1) is 28.0. The summed E-state index contributed by atoms with van der Waals surface area (Å²) in [6.45, 7) is 2.32. The van der Waals surface area contributed by atoms with Crippen molar-refractivity contribution >= 4 is 77.6 Å². The summed E-state index contributed by atoms with van der Waals surface area (Å²) in [5.41, 5.74) is 7.93. The van der Waals surface area contributed by atoms with Gasteiger partial charge in [-0.15, -0.1) is 0 Å². The fourth-order valence-electron chi connectivity index (χ4n) is 8.20. The Morgan fingerprint density at radius 1 is 0.404 bits per heavy atom. The molecular weight excluding hydrogens is 689 g/mol. The van der Waals surface area contributed by atoms with Gasteiger partial charge in [0.2, 0.25) is 0 Å². The molecule has 1 unspecified atom stereocenters. The third-order valence-corrected chi connectivity index (χ3v) is 11.4. The lowest BCUT2D eigenvalue weighted by Gasteiger charge is -2.32. The van der Waals surface area contributed by atoms with Crippen LogP contribution in [0.1, 0.15) is 18.9 Å². The van der Waals surface area contributed by atoms with Gasteiger partial charge in [-0.3, -0.25) is 0 Å². The molecule has 2 nitrogen and oxygen atoms in total. The van der Waals surface area contributed by atoms with E-state index in [1.165, 1.54) is 54.4 Å². The standard InChI is InChI=1S/C55H42N2/c1-55(34-31-50(32-35-55)57(53-28-22-43-12-4-8-16-47(43)38-53)54-29-23-44-13-5-9-17-48(44)39-54)33-30-40-18-24-49(25-19-40)56(51-26-20-41-10-2-6-14-45(41)36-51)52-27-21-42-11-3-7-15-46(42)37-52/h2-34,36-39H,35H2,1H3/b33-30+. The van der Waals surface area contributed by atoms with Gasteiger partial charge in [-0.25, -0.2) is 0 Å². The predicted molar refractivity (Wildman–Crippen MR) is 245 cm³/mol. The fraction of sp³-hybridized carbons (Fsp3) is 0.0545. The van der Waals surface area contributed by atoms with Crippen molar-refractivity contribution in [2.24, 2.45) is 5.41 Å². The lowest BCUT2D eigenvalue weighted by Crippen LogP contribution is -2.20. The van der Waals surface area contributed by atoms with Gasteiger partial charge >= 0.3 is 0 Å². The maximum Gasteiger partial charge on any atom is 0.0468 e. The minimum absolute atomic E-state index is 0.122. The van der Waals surface area contributed by atoms with Gasteiger partial charge in [0.05, 0.1) is 0 Å². The second kappa shape index (κ2) is 14.5. The minimum atomic E-state index is -0.122. The molecule has 0 N–H and O–H groups in total. The summed E-state index contributed by atoms with van der Waals surface area (Å²) in [6.07, 6.45) is 12.6. The predicted octanol–water partition coefficient (Wildman–Crippen LogP) is 15.5. The molecule has 0 amide bonds. The summed E-state index contributed by atoms with van der Waals surface area (Å²) < 4.78 is 0. The van der Waals surface area contributed by atoms with Crippen LogP contribution >= 0.6 is 0 Å². The highest BCUT2D eigenvalue weighted by Crippen LogP contribution is 2.41. The molecule has 272 valence electrons. The first-order valence-electron chi connectivity index (χ1n) is 19.8. The number of fused-ring (bicyclic) bond motifs is 4. The summed E-state index contributed by atoms with van der Waals surface area (Å²) in [4.78, 5) is 4.76. The van der Waals surface area contributed by atoms with Crippen LogP contribution in [0.15, 0.2) is 224 Å². The van der Waals surface area contributed by atoms with Crippen LogP contribution in [0.25, 0.3) is 49.2 Å². The Balaban J connectivity index is 0.938. The first-order valence-corrected chi connectivity index (χ1v) is 19.8. The zero-order valence-electron chi connectivity index (χ0n) is 32.0. The summed E-state index contributed by atoms with van der Waals surface area (Å²) in [6, 6.07) is 70.3. The lowest BCUT2D eigenvalue weighted by molar-refractivity contribution is 0.555. The van der Waals surface area contributed by atoms with E-state index >= 15 is 0 Å². The van der Waals surface area contributed by atoms with Crippen LogP contribution in [-0.2, 0) is 0 Å². The van der Waals surface area contributed by atoms with Crippen molar-refractivity contribution in [1.82, 2.24) is 0 Å². The van der Waals surface area contributed by atoms with E-state index in [0.717, 1.165) is 34.9 Å². The maximum atomic E-state index is 2.40. The van der Waals surface area contributed by atoms with E-state index in [9.17, 15) is 0 Å². The average molecular weight is 731 g/mol. The van der Waals surface area contributed by atoms with E-state index in [2.05, 4.69) is 241 Å². The zero-order valence-corrected chi connectivity index (χ0v) is 32.0. The van der Waals surface area contributed by atoms with Crippen molar-refractivity contribution in [2.75, 3.05) is 9.80 Å². The number of hydrogen-bond donors (Lipinski definition) is 0. The van der Waals surface area contributed by atoms with Crippen LogP contribution in [0.5, 0.6) is 0 Å². The summed E-state index contributed by atoms with van der Waals surface area (Å²) >= 11 is 0. The molecule has 9 aromatic carbocycles. The van der Waals surface area contributed by atoms with E-state index in [4.69, 9.17) is 0 Å². The Labute approximate surface area is 334 Å². The minimum Gasteiger partial charge on any atom is -0.311 e. The molecule has 0 radical (unpaired) electrons. The summed E-state index contributed by atoms with van der Waals surface area (Å²) in [5.74, 6) is 0. The summed E-state index contributed by atoms with van der Waals surface area (Å²) in [5, 5.41) is 9.88. The molecule has 0 saturated carbocycles. The Hall–Kier alpha value is -7.16. The molecule has 0 aliphatic heterocycles. The summed E-state index contributed by atoms with van der Waals surface area (Å²) in [7, 11) is 0. The number of nitrogens with zero attached hydrogens (tertiary/aromatic N) is 2. The average Bonchev–Trinajstić information content (AvgIpc) is 3.27. The van der Waals surface area contributed by atoms with Crippen LogP contribution in [0, 0.1) is 5.41 Å². The van der Waals surface area contributed by atoms with Crippen molar-refractivity contribution in [3.63, 3.8) is 0 Å². The van der Waals surface area contributed by atoms with Crippen molar-refractivity contribution in [2.45, 2.75) is 13.3 Å². The Bertz CT molecular complexity index is 2870. The number of hydrogen-bond acceptors (Lipinski definition) is 2. The molecule has 9 aromatic rings. The molecule has 1 aliphatic carbocycles. The molecule has 0 fully saturated rings. The Morgan fingerprint density at radius 3 is 1.16 bits per heavy atom. The highest BCUT2D eigenvalue weighted by molar-refractivity contribution is 5.93. The zero-order chi connectivity index (χ0) is 38.2. The van der Waals surface area contributed by atoms with Gasteiger partial charge in [-0.05, 0) is 122 Å². The van der Waals surface area contributed by atoms with Crippen LogP contribution in [-0.4, -0.2) is 0 Å². The number of anilines is 5.